The molecule has 0 amide bonds. The van der Waals surface area contributed by atoms with Gasteiger partial charge in [-0.2, -0.15) is 0 Å². The number of aliphatic hydroxyl groups is 4. The molecule has 2 aromatic rings. The average molecular weight is 1090 g/mol. The van der Waals surface area contributed by atoms with Gasteiger partial charge in [-0.25, -0.2) is 4.79 Å². The fourth-order valence-corrected chi connectivity index (χ4v) is 12.2. The minimum atomic E-state index is -1.85. The van der Waals surface area contributed by atoms with E-state index in [4.69, 9.17) is 42.6 Å². The maximum Gasteiger partial charge on any atom is 0.341 e. The summed E-state index contributed by atoms with van der Waals surface area (Å²) >= 11 is 0. The normalized spacial score (nSPS) is 38.8. The Balaban J connectivity index is 1.21. The first-order valence-corrected chi connectivity index (χ1v) is 27.4. The molecular formula is C57H91N3O17. The van der Waals surface area contributed by atoms with Crippen LogP contribution in [0.4, 0.5) is 0 Å². The summed E-state index contributed by atoms with van der Waals surface area (Å²) in [6.07, 6.45) is -3.30. The maximum atomic E-state index is 14.6. The molecule has 18 atom stereocenters. The van der Waals surface area contributed by atoms with E-state index in [-0.39, 0.29) is 68.1 Å². The molecular weight excluding hydrogens is 999 g/mol. The van der Waals surface area contributed by atoms with Gasteiger partial charge in [-0.1, -0.05) is 32.9 Å². The van der Waals surface area contributed by atoms with Gasteiger partial charge in [0.05, 0.1) is 77.8 Å². The van der Waals surface area contributed by atoms with Crippen molar-refractivity contribution in [3.8, 4) is 5.75 Å². The molecule has 0 radical (unpaired) electrons. The van der Waals surface area contributed by atoms with Gasteiger partial charge < -0.3 is 82.5 Å². The Hall–Kier alpha value is -3.61. The van der Waals surface area contributed by atoms with Gasteiger partial charge in [-0.15, -0.1) is 0 Å². The molecule has 1 unspecified atom stereocenters. The van der Waals surface area contributed by atoms with Gasteiger partial charge in [-0.05, 0) is 126 Å². The van der Waals surface area contributed by atoms with Gasteiger partial charge in [0.1, 0.15) is 47.9 Å². The summed E-state index contributed by atoms with van der Waals surface area (Å²) in [5, 5.41) is 58.2. The number of carbonyl (C=O) groups is 2. The van der Waals surface area contributed by atoms with Crippen molar-refractivity contribution in [2.75, 3.05) is 61.2 Å². The lowest BCUT2D eigenvalue weighted by molar-refractivity contribution is -0.321. The fraction of sp³-hybridized carbons (Fsp3) is 0.772. The highest BCUT2D eigenvalue weighted by Gasteiger charge is 2.53. The Kier molecular flexibility index (Phi) is 20.4. The highest BCUT2D eigenvalue weighted by Crippen LogP contribution is 2.42. The Morgan fingerprint density at radius 3 is 2.27 bits per heavy atom. The van der Waals surface area contributed by atoms with Crippen LogP contribution in [-0.4, -0.2) is 203 Å². The van der Waals surface area contributed by atoms with Crippen LogP contribution in [0.5, 0.6) is 5.75 Å². The number of nitrogens with zero attached hydrogens (tertiary/aromatic N) is 3. The van der Waals surface area contributed by atoms with Crippen LogP contribution in [0, 0.1) is 17.8 Å². The van der Waals surface area contributed by atoms with E-state index < -0.39 is 113 Å². The van der Waals surface area contributed by atoms with Gasteiger partial charge >= 0.3 is 11.9 Å². The van der Waals surface area contributed by atoms with Crippen molar-refractivity contribution in [1.82, 2.24) is 14.4 Å². The SMILES string of the molecule is CC[C@H]1OC(=O)[C@H](C)[C@@H](OC2C[C@@](C)(OC)[C@@H](OCCOCC=Cc3cc4c5c(c3)c(=O)c(C(=O)O)cn5C(C)(C)CO4)[C@H](C)O2)[C@H](C)[C@@H](O[C@@H]2O[C@H](C)C[C@H](N(C)C)[C@H]2O)[C@](C)(O)C[C@@H](C)CN(C)[C@H](C)[C@H](O)[C@]1(C)O. The molecule has 0 saturated carbocycles. The number of aromatic carboxylic acids is 1. The van der Waals surface area contributed by atoms with Crippen LogP contribution in [-0.2, 0) is 48.2 Å². The van der Waals surface area contributed by atoms with Crippen LogP contribution in [0.2, 0.25) is 0 Å². The standard InChI is InChI=1S/C57H91N3O17/c1-17-42-57(12,68)48(63)35(6)59(15)28-31(2)26-55(10,67)49(77-53-46(62)40(58(13)14)23-32(3)73-53)33(4)47(34(5)52(66)75-42)76-43-27-56(11,69-16)50(36(7)74-43)71-22-21-70-20-18-19-37-24-38-44-41(25-37)72-30-54(8,9)60(44)29-39(45(38)61)51(64)65/h18-19,24-25,29,31-36,40,42-43,46-50,53,62-63,67-68H,17,20-23,26-28,30H2,1-16H3,(H,64,65)/t31-,32-,33+,34-,35-,36+,40+,42-,43?,46-,47+,48+,49-,50+,53+,55-,56-,57-/m1/s1. The molecule has 0 bridgehead atoms. The monoisotopic (exact) mass is 1090 g/mol. The minimum absolute atomic E-state index is 0.148. The van der Waals surface area contributed by atoms with Crippen LogP contribution in [0.25, 0.3) is 17.0 Å². The molecule has 1 aromatic heterocycles. The second kappa shape index (κ2) is 25.0. The zero-order valence-corrected chi connectivity index (χ0v) is 48.4. The number of methoxy groups -OCH3 is 1. The van der Waals surface area contributed by atoms with E-state index in [9.17, 15) is 39.9 Å². The molecule has 20 heteroatoms. The first kappa shape index (κ1) is 62.6. The van der Waals surface area contributed by atoms with Crippen molar-refractivity contribution in [2.24, 2.45) is 17.8 Å². The number of carboxylic acids is 1. The number of cyclic esters (lactones) is 1. The molecule has 6 rings (SSSR count). The fourth-order valence-electron chi connectivity index (χ4n) is 12.2. The number of carboxylic acid groups (broad SMARTS) is 1. The van der Waals surface area contributed by atoms with Gasteiger partial charge in [0.2, 0.25) is 5.43 Å². The molecule has 20 nitrogen and oxygen atoms in total. The molecule has 5 N–H and O–H groups in total. The maximum absolute atomic E-state index is 14.6. The number of pyridine rings is 1. The third-order valence-corrected chi connectivity index (χ3v) is 16.8. The highest BCUT2D eigenvalue weighted by molar-refractivity contribution is 5.95. The second-order valence-corrected chi connectivity index (χ2v) is 24.1. The van der Waals surface area contributed by atoms with Gasteiger partial charge in [0.25, 0.3) is 0 Å². The molecule has 3 fully saturated rings. The number of esters is 1. The Labute approximate surface area is 454 Å². The summed E-state index contributed by atoms with van der Waals surface area (Å²) in [6, 6.07) is 2.58. The lowest BCUT2D eigenvalue weighted by atomic mass is 9.77. The average Bonchev–Trinajstić information content (AvgIpc) is 3.35. The zero-order chi connectivity index (χ0) is 57.3. The summed E-state index contributed by atoms with van der Waals surface area (Å²) < 4.78 is 59.2. The van der Waals surface area contributed by atoms with Gasteiger partial charge in [0, 0.05) is 44.3 Å². The number of benzene rings is 1. The minimum Gasteiger partial charge on any atom is -0.489 e. The van der Waals surface area contributed by atoms with Crippen LogP contribution in [0.1, 0.15) is 125 Å². The molecule has 0 spiro atoms. The predicted molar refractivity (Wildman–Crippen MR) is 288 cm³/mol. The van der Waals surface area contributed by atoms with Crippen molar-refractivity contribution in [3.05, 3.63) is 45.8 Å². The lowest BCUT2D eigenvalue weighted by Gasteiger charge is -2.49. The van der Waals surface area contributed by atoms with Gasteiger partial charge in [0.15, 0.2) is 12.6 Å². The van der Waals surface area contributed by atoms with Gasteiger partial charge in [-0.3, -0.25) is 9.59 Å². The Bertz CT molecular complexity index is 2430. The Morgan fingerprint density at radius 2 is 1.64 bits per heavy atom. The lowest BCUT2D eigenvalue weighted by Crippen LogP contribution is -2.61. The molecule has 4 aliphatic heterocycles. The molecule has 1 aromatic carbocycles. The van der Waals surface area contributed by atoms with E-state index in [0.29, 0.717) is 36.4 Å². The molecule has 436 valence electrons. The summed E-state index contributed by atoms with van der Waals surface area (Å²) in [6.45, 7) is 23.0. The first-order chi connectivity index (χ1) is 35.9. The quantitative estimate of drug-likeness (QED) is 0.119. The van der Waals surface area contributed by atoms with Crippen molar-refractivity contribution >= 4 is 28.9 Å². The third-order valence-electron chi connectivity index (χ3n) is 16.8. The zero-order valence-electron chi connectivity index (χ0n) is 48.4. The van der Waals surface area contributed by atoms with Crippen LogP contribution < -0.4 is 10.2 Å². The number of ether oxygens (including phenoxy) is 9. The number of likely N-dealkylation sites (N-methyl/N-ethyl adjacent to an activating group) is 2. The number of hydrogen-bond acceptors (Lipinski definition) is 18. The smallest absolute Gasteiger partial charge is 0.341 e. The summed E-state index contributed by atoms with van der Waals surface area (Å²) in [5.74, 6) is -3.57. The number of hydrogen-bond donors (Lipinski definition) is 5. The first-order valence-electron chi connectivity index (χ1n) is 27.4. The second-order valence-electron chi connectivity index (χ2n) is 24.1. The van der Waals surface area contributed by atoms with Crippen molar-refractivity contribution in [1.29, 1.82) is 0 Å². The van der Waals surface area contributed by atoms with Crippen LogP contribution in [0.3, 0.4) is 0 Å². The largest absolute Gasteiger partial charge is 0.489 e. The third kappa shape index (κ3) is 13.8. The summed E-state index contributed by atoms with van der Waals surface area (Å²) in [5.41, 5.74) is -4.72. The summed E-state index contributed by atoms with van der Waals surface area (Å²) in [7, 11) is 7.18. The molecule has 3 saturated heterocycles. The number of rotatable bonds is 15. The molecule has 5 heterocycles. The van der Waals surface area contributed by atoms with E-state index in [1.807, 2.05) is 85.5 Å². The van der Waals surface area contributed by atoms with E-state index >= 15 is 0 Å². The van der Waals surface area contributed by atoms with E-state index in [2.05, 4.69) is 0 Å². The summed E-state index contributed by atoms with van der Waals surface area (Å²) in [4.78, 5) is 43.8. The number of aliphatic hydroxyl groups excluding tert-OH is 2. The van der Waals surface area contributed by atoms with E-state index in [0.717, 1.165) is 0 Å². The van der Waals surface area contributed by atoms with Crippen LogP contribution >= 0.6 is 0 Å². The van der Waals surface area contributed by atoms with E-state index in [1.54, 1.807) is 57.6 Å². The topological polar surface area (TPSA) is 247 Å². The molecule has 0 aliphatic carbocycles. The van der Waals surface area contributed by atoms with Crippen molar-refractivity contribution in [3.63, 3.8) is 0 Å². The highest BCUT2D eigenvalue weighted by atomic mass is 16.7. The molecule has 77 heavy (non-hydrogen) atoms. The number of carbonyl (C=O) groups excluding carboxylic acids is 1. The van der Waals surface area contributed by atoms with Crippen molar-refractivity contribution < 1.29 is 77.8 Å². The van der Waals surface area contributed by atoms with Crippen molar-refractivity contribution in [2.45, 2.75) is 205 Å². The number of aromatic nitrogens is 1. The molecule has 4 aliphatic rings. The Morgan fingerprint density at radius 1 is 0.948 bits per heavy atom. The van der Waals surface area contributed by atoms with Crippen LogP contribution in [0.15, 0.2) is 29.2 Å². The predicted octanol–water partition coefficient (Wildman–Crippen LogP) is 4.80. The van der Waals surface area contributed by atoms with E-state index in [1.165, 1.54) is 13.1 Å².